The summed E-state index contributed by atoms with van der Waals surface area (Å²) in [5.74, 6) is 1.47. The summed E-state index contributed by atoms with van der Waals surface area (Å²) in [6.07, 6.45) is 0.660. The monoisotopic (exact) mass is 534 g/mol. The Bertz CT molecular complexity index is 1610. The summed E-state index contributed by atoms with van der Waals surface area (Å²) < 4.78 is 14.6. The summed E-state index contributed by atoms with van der Waals surface area (Å²) in [5.41, 5.74) is 0.946. The first kappa shape index (κ1) is 27.9. The molecule has 2 heterocycles. The van der Waals surface area contributed by atoms with Crippen molar-refractivity contribution in [1.82, 2.24) is 14.0 Å². The van der Waals surface area contributed by atoms with Crippen LogP contribution in [0.5, 0.6) is 5.75 Å². The molecular formula is C29H34N4O6. The fourth-order valence-electron chi connectivity index (χ4n) is 4.47. The Balaban J connectivity index is 1.37. The van der Waals surface area contributed by atoms with E-state index in [1.807, 2.05) is 30.3 Å². The molecule has 0 saturated heterocycles. The minimum atomic E-state index is -0.400. The van der Waals surface area contributed by atoms with Gasteiger partial charge < -0.3 is 19.6 Å². The van der Waals surface area contributed by atoms with E-state index in [2.05, 4.69) is 10.2 Å². The molecule has 2 aromatic heterocycles. The molecule has 0 aliphatic rings. The average Bonchev–Trinajstić information content (AvgIpc) is 2.94. The maximum Gasteiger partial charge on any atom is 0.332 e. The van der Waals surface area contributed by atoms with Crippen molar-refractivity contribution >= 4 is 16.8 Å². The highest BCUT2D eigenvalue weighted by Gasteiger charge is 2.16. The summed E-state index contributed by atoms with van der Waals surface area (Å²) in [6.45, 7) is 4.31. The molecule has 0 fully saturated rings. The van der Waals surface area contributed by atoms with Crippen LogP contribution in [0.2, 0.25) is 0 Å². The first-order chi connectivity index (χ1) is 18.8. The summed E-state index contributed by atoms with van der Waals surface area (Å²) in [5, 5.41) is 13.0. The fraction of sp³-hybridized carbons (Fsp3) is 0.345. The minimum Gasteiger partial charge on any atom is -0.493 e. The van der Waals surface area contributed by atoms with E-state index in [0.29, 0.717) is 73.1 Å². The van der Waals surface area contributed by atoms with Crippen molar-refractivity contribution in [3.63, 3.8) is 0 Å². The largest absolute Gasteiger partial charge is 0.493 e. The molecule has 206 valence electrons. The lowest BCUT2D eigenvalue weighted by molar-refractivity contribution is 0.187. The Kier molecular flexibility index (Phi) is 9.00. The summed E-state index contributed by atoms with van der Waals surface area (Å²) in [4.78, 5) is 39.4. The minimum absolute atomic E-state index is 0.00137. The van der Waals surface area contributed by atoms with Gasteiger partial charge in [-0.1, -0.05) is 36.4 Å². The number of anilines is 1. The average molecular weight is 535 g/mol. The number of aliphatic hydroxyl groups excluding tert-OH is 1. The third-order valence-electron chi connectivity index (χ3n) is 6.70. The van der Waals surface area contributed by atoms with Gasteiger partial charge in [0.25, 0.3) is 5.56 Å². The number of hydrogen-bond donors (Lipinski definition) is 2. The van der Waals surface area contributed by atoms with E-state index in [9.17, 15) is 19.5 Å². The lowest BCUT2D eigenvalue weighted by Gasteiger charge is -2.22. The molecule has 0 atom stereocenters. The van der Waals surface area contributed by atoms with Crippen LogP contribution in [0, 0.1) is 6.92 Å². The molecule has 10 nitrogen and oxygen atoms in total. The first-order valence-corrected chi connectivity index (χ1v) is 12.9. The van der Waals surface area contributed by atoms with E-state index in [1.165, 1.54) is 17.7 Å². The molecule has 0 spiro atoms. The zero-order valence-electron chi connectivity index (χ0n) is 22.5. The number of aromatic nitrogens is 2. The van der Waals surface area contributed by atoms with E-state index >= 15 is 0 Å². The van der Waals surface area contributed by atoms with Crippen molar-refractivity contribution in [3.8, 4) is 17.1 Å². The highest BCUT2D eigenvalue weighted by molar-refractivity contribution is 5.86. The van der Waals surface area contributed by atoms with Gasteiger partial charge in [0.2, 0.25) is 0 Å². The van der Waals surface area contributed by atoms with Gasteiger partial charge in [0.1, 0.15) is 28.3 Å². The van der Waals surface area contributed by atoms with Crippen molar-refractivity contribution < 1.29 is 14.3 Å². The van der Waals surface area contributed by atoms with Crippen molar-refractivity contribution in [2.24, 2.45) is 14.1 Å². The normalized spacial score (nSPS) is 11.3. The van der Waals surface area contributed by atoms with Crippen LogP contribution in [0.25, 0.3) is 22.3 Å². The van der Waals surface area contributed by atoms with E-state index < -0.39 is 5.69 Å². The standard InChI is InChI=1S/C29H34N4O6/c1-20-27(36)26-22(11-7-12-23(26)39-28(20)21-9-5-4-6-10-21)38-18-8-14-33(16-17-34)15-13-30-24-19-25(35)32(3)29(37)31(24)2/h4-7,9-12,19,30,34H,8,13-18H2,1-3H3. The number of fused-ring (bicyclic) bond motifs is 1. The van der Waals surface area contributed by atoms with E-state index in [0.717, 1.165) is 10.1 Å². The van der Waals surface area contributed by atoms with Gasteiger partial charge in [0, 0.05) is 57.5 Å². The summed E-state index contributed by atoms with van der Waals surface area (Å²) in [7, 11) is 3.04. The Morgan fingerprint density at radius 1 is 0.974 bits per heavy atom. The molecule has 2 aromatic carbocycles. The molecule has 0 aliphatic heterocycles. The predicted octanol–water partition coefficient (Wildman–Crippen LogP) is 2.34. The Morgan fingerprint density at radius 2 is 1.74 bits per heavy atom. The van der Waals surface area contributed by atoms with Crippen molar-refractivity contribution in [3.05, 3.63) is 91.2 Å². The van der Waals surface area contributed by atoms with Crippen molar-refractivity contribution in [2.75, 3.05) is 44.7 Å². The van der Waals surface area contributed by atoms with Gasteiger partial charge >= 0.3 is 5.69 Å². The quantitative estimate of drug-likeness (QED) is 0.266. The molecule has 0 radical (unpaired) electrons. The molecular weight excluding hydrogens is 500 g/mol. The van der Waals surface area contributed by atoms with Crippen LogP contribution in [0.15, 0.2) is 73.4 Å². The van der Waals surface area contributed by atoms with Gasteiger partial charge in [-0.15, -0.1) is 0 Å². The lowest BCUT2D eigenvalue weighted by Crippen LogP contribution is -2.38. The SMILES string of the molecule is Cc1c(-c2ccccc2)oc2cccc(OCCCN(CCO)CCNc3cc(=O)n(C)c(=O)n3C)c2c1=O. The van der Waals surface area contributed by atoms with Gasteiger partial charge in [-0.25, -0.2) is 4.79 Å². The number of nitrogens with one attached hydrogen (secondary N) is 1. The fourth-order valence-corrected chi connectivity index (χ4v) is 4.47. The third-order valence-corrected chi connectivity index (χ3v) is 6.70. The zero-order valence-corrected chi connectivity index (χ0v) is 22.5. The maximum atomic E-state index is 13.3. The molecule has 39 heavy (non-hydrogen) atoms. The number of rotatable bonds is 12. The molecule has 0 saturated carbocycles. The van der Waals surface area contributed by atoms with Gasteiger partial charge in [-0.3, -0.25) is 23.6 Å². The van der Waals surface area contributed by atoms with Crippen LogP contribution >= 0.6 is 0 Å². The van der Waals surface area contributed by atoms with E-state index in [-0.39, 0.29) is 17.6 Å². The van der Waals surface area contributed by atoms with Crippen LogP contribution < -0.4 is 26.7 Å². The second kappa shape index (κ2) is 12.6. The number of benzene rings is 2. The van der Waals surface area contributed by atoms with Crippen LogP contribution in [0.3, 0.4) is 0 Å². The molecule has 0 aliphatic carbocycles. The number of nitrogens with zero attached hydrogens (tertiary/aromatic N) is 3. The van der Waals surface area contributed by atoms with Crippen LogP contribution in [-0.2, 0) is 14.1 Å². The summed E-state index contributed by atoms with van der Waals surface area (Å²) in [6, 6.07) is 16.3. The maximum absolute atomic E-state index is 13.3. The lowest BCUT2D eigenvalue weighted by atomic mass is 10.1. The molecule has 4 aromatic rings. The highest BCUT2D eigenvalue weighted by Crippen LogP contribution is 2.29. The van der Waals surface area contributed by atoms with Crippen molar-refractivity contribution in [2.45, 2.75) is 13.3 Å². The van der Waals surface area contributed by atoms with Crippen LogP contribution in [0.4, 0.5) is 5.82 Å². The molecule has 2 N–H and O–H groups in total. The number of ether oxygens (including phenoxy) is 1. The Labute approximate surface area is 225 Å². The van der Waals surface area contributed by atoms with Gasteiger partial charge in [-0.2, -0.15) is 0 Å². The number of aliphatic hydroxyl groups is 1. The predicted molar refractivity (Wildman–Crippen MR) is 152 cm³/mol. The van der Waals surface area contributed by atoms with E-state index in [1.54, 1.807) is 32.2 Å². The number of hydrogen-bond acceptors (Lipinski definition) is 8. The van der Waals surface area contributed by atoms with Crippen molar-refractivity contribution in [1.29, 1.82) is 0 Å². The van der Waals surface area contributed by atoms with Crippen LogP contribution in [-0.4, -0.2) is 58.5 Å². The molecule has 10 heteroatoms. The zero-order chi connectivity index (χ0) is 27.9. The topological polar surface area (TPSA) is 119 Å². The third kappa shape index (κ3) is 6.30. The first-order valence-electron chi connectivity index (χ1n) is 12.9. The Hall–Kier alpha value is -4.15. The highest BCUT2D eigenvalue weighted by atomic mass is 16.5. The van der Waals surface area contributed by atoms with Crippen LogP contribution in [0.1, 0.15) is 12.0 Å². The second-order valence-corrected chi connectivity index (χ2v) is 9.34. The summed E-state index contributed by atoms with van der Waals surface area (Å²) >= 11 is 0. The van der Waals surface area contributed by atoms with Gasteiger partial charge in [0.15, 0.2) is 5.43 Å². The molecule has 0 amide bonds. The van der Waals surface area contributed by atoms with Gasteiger partial charge in [0.05, 0.1) is 13.2 Å². The van der Waals surface area contributed by atoms with Gasteiger partial charge in [-0.05, 0) is 25.5 Å². The Morgan fingerprint density at radius 3 is 2.49 bits per heavy atom. The molecule has 0 unspecified atom stereocenters. The second-order valence-electron chi connectivity index (χ2n) is 9.34. The van der Waals surface area contributed by atoms with E-state index in [4.69, 9.17) is 9.15 Å². The molecule has 0 bridgehead atoms. The molecule has 4 rings (SSSR count). The smallest absolute Gasteiger partial charge is 0.332 e.